The van der Waals surface area contributed by atoms with Crippen LogP contribution < -0.4 is 27.0 Å². The molecule has 5 aromatic rings. The number of aromatic amines is 1. The lowest BCUT2D eigenvalue weighted by Gasteiger charge is -2.37. The second kappa shape index (κ2) is 22.0. The number of H-pyrrole nitrogens is 1. The lowest BCUT2D eigenvalue weighted by Crippen LogP contribution is -2.54. The topological polar surface area (TPSA) is 281 Å². The number of hydrogen-bond donors (Lipinski definition) is 6. The summed E-state index contributed by atoms with van der Waals surface area (Å²) >= 11 is 0. The number of aromatic nitrogens is 6. The number of anilines is 1. The van der Waals surface area contributed by atoms with Gasteiger partial charge in [-0.15, -0.1) is 0 Å². The average Bonchev–Trinajstić information content (AvgIpc) is 4.04. The molecule has 1 unspecified atom stereocenters. The molecule has 6 heterocycles. The van der Waals surface area contributed by atoms with Crippen molar-refractivity contribution < 1.29 is 38.3 Å². The SMILES string of the molecule is Cc1cccc(-c2[nH]c(C3CN(C(=O)OCc4ccc(NC(=O)[C@H](CCCNC(N)=O)NC(=O)C(NC(=O)CCCCCN5C(=O)C=CC5=O)C(C)C)cc4)C3)nc2-c2ccc3ncnn3c2)n1. The van der Waals surface area contributed by atoms with Crippen LogP contribution in [0.1, 0.15) is 75.4 Å². The molecule has 2 aliphatic rings. The van der Waals surface area contributed by atoms with Gasteiger partial charge in [0.25, 0.3) is 11.8 Å². The zero-order valence-corrected chi connectivity index (χ0v) is 38.1. The molecule has 2 aliphatic heterocycles. The molecule has 0 radical (unpaired) electrons. The highest BCUT2D eigenvalue weighted by atomic mass is 16.6. The number of ether oxygens (including phenoxy) is 1. The fourth-order valence-electron chi connectivity index (χ4n) is 7.78. The number of carbonyl (C=O) groups excluding carboxylic acids is 7. The smallest absolute Gasteiger partial charge is 0.410 e. The van der Waals surface area contributed by atoms with Gasteiger partial charge in [0.1, 0.15) is 30.8 Å². The van der Waals surface area contributed by atoms with E-state index in [-0.39, 0.29) is 62.1 Å². The van der Waals surface area contributed by atoms with Gasteiger partial charge in [-0.05, 0) is 80.5 Å². The van der Waals surface area contributed by atoms with Crippen molar-refractivity contribution >= 4 is 53.0 Å². The summed E-state index contributed by atoms with van der Waals surface area (Å²) in [5.74, 6) is -1.80. The van der Waals surface area contributed by atoms with Gasteiger partial charge in [0.05, 0.1) is 23.0 Å². The largest absolute Gasteiger partial charge is 0.445 e. The Morgan fingerprint density at radius 2 is 1.66 bits per heavy atom. The van der Waals surface area contributed by atoms with Crippen molar-refractivity contribution in [1.82, 2.24) is 55.3 Å². The third-order valence-electron chi connectivity index (χ3n) is 11.6. The number of nitrogens with one attached hydrogen (secondary N) is 5. The first kappa shape index (κ1) is 48.0. The van der Waals surface area contributed by atoms with Crippen LogP contribution in [0.5, 0.6) is 0 Å². The maximum absolute atomic E-state index is 13.6. The summed E-state index contributed by atoms with van der Waals surface area (Å²) in [6, 6.07) is 13.6. The fraction of sp³-hybridized carbons (Fsp3) is 0.383. The minimum Gasteiger partial charge on any atom is -0.445 e. The van der Waals surface area contributed by atoms with Crippen LogP contribution in [0, 0.1) is 12.8 Å². The van der Waals surface area contributed by atoms with Gasteiger partial charge < -0.3 is 41.6 Å². The number of likely N-dealkylation sites (tertiary alicyclic amines) is 1. The van der Waals surface area contributed by atoms with E-state index in [1.807, 2.05) is 43.5 Å². The van der Waals surface area contributed by atoms with Crippen LogP contribution in [-0.4, -0.2) is 119 Å². The third kappa shape index (κ3) is 12.3. The van der Waals surface area contributed by atoms with Crippen LogP contribution in [-0.2, 0) is 35.3 Å². The first-order valence-corrected chi connectivity index (χ1v) is 22.5. The highest BCUT2D eigenvalue weighted by Crippen LogP contribution is 2.34. The Balaban J connectivity index is 0.893. The monoisotopic (exact) mass is 929 g/mol. The standard InChI is InChI=1S/C47H55N13O8/c1-28(2)40(55-37(61)12-5-4-6-22-59-38(62)19-20-39(59)63)45(65)54-35(11-8-21-49-46(48)66)44(64)53-33-16-13-30(14-17-33)26-68-47(67)58-23-32(24-58)43-56-41(31-15-18-36-50-27-51-60(36)25-31)42(57-43)34-10-7-9-29(3)52-34/h7,9-10,13-20,25,27-28,32,35,40H,4-6,8,11-12,21-24,26H2,1-3H3,(H,53,64)(H,54,65)(H,55,61)(H,56,57)(H3,48,49,66)/t35-,40?/m0/s1. The Bertz CT molecular complexity index is 2670. The maximum atomic E-state index is 13.6. The molecule has 7 N–H and O–H groups in total. The van der Waals surface area contributed by atoms with Crippen LogP contribution in [0.3, 0.4) is 0 Å². The minimum atomic E-state index is -1.04. The number of carbonyl (C=O) groups is 7. The molecule has 0 saturated carbocycles. The predicted molar refractivity (Wildman–Crippen MR) is 248 cm³/mol. The van der Waals surface area contributed by atoms with E-state index in [1.165, 1.54) is 18.5 Å². The van der Waals surface area contributed by atoms with Crippen molar-refractivity contribution in [2.24, 2.45) is 11.7 Å². The molecule has 0 spiro atoms. The number of imidazole rings is 1. The quantitative estimate of drug-likeness (QED) is 0.0454. The van der Waals surface area contributed by atoms with Crippen molar-refractivity contribution in [3.8, 4) is 22.6 Å². The molecule has 1 aromatic carbocycles. The van der Waals surface area contributed by atoms with E-state index in [0.29, 0.717) is 61.4 Å². The number of pyridine rings is 2. The number of hydrogen-bond acceptors (Lipinski definition) is 12. The van der Waals surface area contributed by atoms with Crippen LogP contribution in [0.4, 0.5) is 15.3 Å². The maximum Gasteiger partial charge on any atom is 0.410 e. The predicted octanol–water partition coefficient (Wildman–Crippen LogP) is 3.72. The van der Waals surface area contributed by atoms with Crippen molar-refractivity contribution in [2.45, 2.75) is 83.9 Å². The Labute approximate surface area is 391 Å². The Morgan fingerprint density at radius 3 is 2.38 bits per heavy atom. The van der Waals surface area contributed by atoms with E-state index in [4.69, 9.17) is 20.4 Å². The van der Waals surface area contributed by atoms with E-state index in [2.05, 4.69) is 36.3 Å². The Hall–Kier alpha value is -7.97. The molecule has 8 amide bonds. The van der Waals surface area contributed by atoms with E-state index in [0.717, 1.165) is 33.4 Å². The average molecular weight is 930 g/mol. The molecular weight excluding hydrogens is 875 g/mol. The van der Waals surface area contributed by atoms with Crippen LogP contribution in [0.2, 0.25) is 0 Å². The molecule has 21 nitrogen and oxygen atoms in total. The Kier molecular flexibility index (Phi) is 15.5. The molecule has 68 heavy (non-hydrogen) atoms. The second-order valence-corrected chi connectivity index (χ2v) is 17.1. The van der Waals surface area contributed by atoms with Crippen molar-refractivity contribution in [1.29, 1.82) is 0 Å². The van der Waals surface area contributed by atoms with Gasteiger partial charge in [0.15, 0.2) is 5.65 Å². The first-order chi connectivity index (χ1) is 32.7. The summed E-state index contributed by atoms with van der Waals surface area (Å²) in [7, 11) is 0. The molecule has 0 bridgehead atoms. The lowest BCUT2D eigenvalue weighted by molar-refractivity contribution is -0.137. The van der Waals surface area contributed by atoms with Gasteiger partial charge >= 0.3 is 12.1 Å². The molecule has 4 aromatic heterocycles. The van der Waals surface area contributed by atoms with Crippen molar-refractivity contribution in [2.75, 3.05) is 31.5 Å². The highest BCUT2D eigenvalue weighted by molar-refractivity contribution is 6.12. The number of nitrogens with two attached hydrogens (primary N) is 1. The first-order valence-electron chi connectivity index (χ1n) is 22.5. The van der Waals surface area contributed by atoms with E-state index in [1.54, 1.807) is 47.5 Å². The van der Waals surface area contributed by atoms with Crippen molar-refractivity contribution in [3.05, 3.63) is 96.4 Å². The van der Waals surface area contributed by atoms with Crippen LogP contribution in [0.25, 0.3) is 28.3 Å². The normalized spacial score (nSPS) is 14.5. The summed E-state index contributed by atoms with van der Waals surface area (Å²) < 4.78 is 7.32. The molecule has 1 saturated heterocycles. The summed E-state index contributed by atoms with van der Waals surface area (Å²) in [6.07, 6.45) is 7.51. The lowest BCUT2D eigenvalue weighted by atomic mass is 10.0. The molecule has 21 heteroatoms. The van der Waals surface area contributed by atoms with Crippen molar-refractivity contribution in [3.63, 3.8) is 0 Å². The number of imide groups is 1. The van der Waals surface area contributed by atoms with Gasteiger partial charge in [0.2, 0.25) is 17.7 Å². The molecule has 0 aliphatic carbocycles. The molecule has 1 fully saturated rings. The summed E-state index contributed by atoms with van der Waals surface area (Å²) in [6.45, 7) is 6.68. The number of primary amides is 1. The number of aryl methyl sites for hydroxylation is 1. The molecule has 2 atom stereocenters. The second-order valence-electron chi connectivity index (χ2n) is 17.1. The minimum absolute atomic E-state index is 0.0146. The van der Waals surface area contributed by atoms with Gasteiger partial charge in [-0.1, -0.05) is 38.5 Å². The number of fused-ring (bicyclic) bond motifs is 1. The van der Waals surface area contributed by atoms with E-state index >= 15 is 0 Å². The third-order valence-corrected chi connectivity index (χ3v) is 11.6. The number of benzene rings is 1. The molecule has 7 rings (SSSR count). The van der Waals surface area contributed by atoms with Crippen LogP contribution >= 0.6 is 0 Å². The number of rotatable bonds is 21. The number of urea groups is 1. The van der Waals surface area contributed by atoms with Gasteiger partial charge in [0, 0.05) is 67.9 Å². The van der Waals surface area contributed by atoms with Crippen LogP contribution in [0.15, 0.2) is 79.3 Å². The van der Waals surface area contributed by atoms with Gasteiger partial charge in [-0.2, -0.15) is 5.10 Å². The summed E-state index contributed by atoms with van der Waals surface area (Å²) in [4.78, 5) is 108. The number of unbranched alkanes of at least 4 members (excludes halogenated alkanes) is 2. The van der Waals surface area contributed by atoms with Gasteiger partial charge in [-0.25, -0.2) is 24.1 Å². The zero-order valence-electron chi connectivity index (χ0n) is 38.1. The van der Waals surface area contributed by atoms with Gasteiger partial charge in [-0.3, -0.25) is 33.9 Å². The van der Waals surface area contributed by atoms with E-state index in [9.17, 15) is 33.6 Å². The summed E-state index contributed by atoms with van der Waals surface area (Å²) in [5.41, 5.74) is 10.9. The molecule has 356 valence electrons. The number of nitrogens with zero attached hydrogens (tertiary/aromatic N) is 7. The zero-order chi connectivity index (χ0) is 48.3. The molecular formula is C47H55N13O8. The van der Waals surface area contributed by atoms with E-state index < -0.39 is 36.0 Å². The highest BCUT2D eigenvalue weighted by Gasteiger charge is 2.36. The number of amides is 8. The fourth-order valence-corrected chi connectivity index (χ4v) is 7.78. The summed E-state index contributed by atoms with van der Waals surface area (Å²) in [5, 5.41) is 15.1. The Morgan fingerprint density at radius 1 is 0.897 bits per heavy atom.